The van der Waals surface area contributed by atoms with Crippen LogP contribution in [-0.2, 0) is 17.4 Å². The average Bonchev–Trinajstić information content (AvgIpc) is 2.48. The summed E-state index contributed by atoms with van der Waals surface area (Å²) in [5.41, 5.74) is 0.429. The third-order valence-corrected chi connectivity index (χ3v) is 1.79. The summed E-state index contributed by atoms with van der Waals surface area (Å²) in [7, 11) is 1.30. The third kappa shape index (κ3) is 1.65. The number of hydrogen-bond acceptors (Lipinski definition) is 4. The van der Waals surface area contributed by atoms with Gasteiger partial charge in [0.25, 0.3) is 5.54 Å². The van der Waals surface area contributed by atoms with Gasteiger partial charge in [-0.3, -0.25) is 4.68 Å². The molecule has 0 aliphatic heterocycles. The van der Waals surface area contributed by atoms with Crippen molar-refractivity contribution in [2.45, 2.75) is 11.7 Å². The Labute approximate surface area is 81.5 Å². The monoisotopic (exact) mass is 224 g/mol. The number of carboxylic acids is 1. The van der Waals surface area contributed by atoms with E-state index in [0.717, 1.165) is 10.9 Å². The number of hydrogen-bond donors (Lipinski definition) is 2. The minimum atomic E-state index is -5.14. The summed E-state index contributed by atoms with van der Waals surface area (Å²) in [6, 6.07) is 0. The minimum absolute atomic E-state index is 0.807. The summed E-state index contributed by atoms with van der Waals surface area (Å²) in [5.74, 6) is -2.23. The highest BCUT2D eigenvalue weighted by Crippen LogP contribution is 2.35. The van der Waals surface area contributed by atoms with Crippen LogP contribution in [0.4, 0.5) is 13.2 Å². The largest absolute Gasteiger partial charge is 0.479 e. The second kappa shape index (κ2) is 3.19. The zero-order valence-corrected chi connectivity index (χ0v) is 7.49. The Morgan fingerprint density at radius 1 is 1.60 bits per heavy atom. The first kappa shape index (κ1) is 11.4. The van der Waals surface area contributed by atoms with Crippen molar-refractivity contribution in [3.63, 3.8) is 0 Å². The lowest BCUT2D eigenvalue weighted by molar-refractivity contribution is -0.205. The summed E-state index contributed by atoms with van der Waals surface area (Å²) in [6.45, 7) is 0. The zero-order valence-electron chi connectivity index (χ0n) is 7.49. The number of halogens is 3. The van der Waals surface area contributed by atoms with Crippen LogP contribution in [0.2, 0.25) is 0 Å². The van der Waals surface area contributed by atoms with Crippen LogP contribution < -0.4 is 5.73 Å². The van der Waals surface area contributed by atoms with E-state index in [4.69, 9.17) is 10.8 Å². The predicted octanol–water partition coefficient (Wildman–Crippen LogP) is -0.384. The van der Waals surface area contributed by atoms with Crippen molar-refractivity contribution >= 4 is 5.97 Å². The van der Waals surface area contributed by atoms with Crippen LogP contribution in [0.1, 0.15) is 5.69 Å². The van der Waals surface area contributed by atoms with E-state index in [1.807, 2.05) is 0 Å². The Morgan fingerprint density at radius 3 is 2.40 bits per heavy atom. The van der Waals surface area contributed by atoms with Gasteiger partial charge >= 0.3 is 12.1 Å². The number of aryl methyl sites for hydroxylation is 1. The van der Waals surface area contributed by atoms with Crippen LogP contribution >= 0.6 is 0 Å². The van der Waals surface area contributed by atoms with Crippen LogP contribution in [0.15, 0.2) is 6.20 Å². The lowest BCUT2D eigenvalue weighted by Crippen LogP contribution is -2.56. The fraction of sp³-hybridized carbons (Fsp3) is 0.500. The molecule has 1 unspecified atom stereocenters. The minimum Gasteiger partial charge on any atom is -0.479 e. The van der Waals surface area contributed by atoms with E-state index >= 15 is 0 Å². The van der Waals surface area contributed by atoms with Gasteiger partial charge in [-0.05, 0) is 0 Å². The second-order valence-electron chi connectivity index (χ2n) is 2.89. The molecule has 0 spiro atoms. The number of alkyl halides is 3. The van der Waals surface area contributed by atoms with Crippen molar-refractivity contribution < 1.29 is 23.1 Å². The molecule has 0 amide bonds. The number of carboxylic acid groups (broad SMARTS) is 1. The molecule has 0 fully saturated rings. The molecule has 1 aromatic rings. The molecule has 0 radical (unpaired) electrons. The summed E-state index contributed by atoms with van der Waals surface area (Å²) < 4.78 is 38.3. The van der Waals surface area contributed by atoms with Gasteiger partial charge in [-0.1, -0.05) is 5.21 Å². The van der Waals surface area contributed by atoms with E-state index in [-0.39, 0.29) is 0 Å². The van der Waals surface area contributed by atoms with Crippen LogP contribution in [-0.4, -0.2) is 32.2 Å². The number of aliphatic carboxylic acids is 1. The summed E-state index contributed by atoms with van der Waals surface area (Å²) >= 11 is 0. The van der Waals surface area contributed by atoms with Crippen molar-refractivity contribution in [2.75, 3.05) is 0 Å². The number of carbonyl (C=O) groups is 1. The number of rotatable bonds is 2. The first-order chi connectivity index (χ1) is 6.69. The molecular weight excluding hydrogens is 217 g/mol. The van der Waals surface area contributed by atoms with Gasteiger partial charge in [0.15, 0.2) is 0 Å². The Bertz CT molecular complexity index is 388. The Hall–Kier alpha value is -1.64. The number of nitrogens with zero attached hydrogens (tertiary/aromatic N) is 3. The van der Waals surface area contributed by atoms with Gasteiger partial charge in [0, 0.05) is 7.05 Å². The molecule has 15 heavy (non-hydrogen) atoms. The van der Waals surface area contributed by atoms with Crippen LogP contribution in [0, 0.1) is 0 Å². The SMILES string of the molecule is Cn1cc(C(N)(C(=O)O)C(F)(F)F)nn1. The fourth-order valence-corrected chi connectivity index (χ4v) is 0.904. The molecule has 0 aromatic carbocycles. The van der Waals surface area contributed by atoms with Crippen LogP contribution in [0.5, 0.6) is 0 Å². The summed E-state index contributed by atoms with van der Waals surface area (Å²) in [5, 5.41) is 14.8. The first-order valence-corrected chi connectivity index (χ1v) is 3.65. The molecule has 3 N–H and O–H groups in total. The van der Waals surface area contributed by atoms with Gasteiger partial charge in [0.1, 0.15) is 5.69 Å². The highest BCUT2D eigenvalue weighted by molar-refractivity contribution is 5.80. The second-order valence-corrected chi connectivity index (χ2v) is 2.89. The van der Waals surface area contributed by atoms with Crippen LogP contribution in [0.3, 0.4) is 0 Å². The van der Waals surface area contributed by atoms with Crippen molar-refractivity contribution in [2.24, 2.45) is 12.8 Å². The number of aromatic nitrogens is 3. The zero-order chi connectivity index (χ0) is 11.9. The third-order valence-electron chi connectivity index (χ3n) is 1.79. The predicted molar refractivity (Wildman–Crippen MR) is 40.6 cm³/mol. The van der Waals surface area contributed by atoms with E-state index in [0.29, 0.717) is 0 Å². The molecule has 84 valence electrons. The molecule has 9 heteroatoms. The quantitative estimate of drug-likeness (QED) is 0.713. The highest BCUT2D eigenvalue weighted by Gasteiger charge is 2.61. The average molecular weight is 224 g/mol. The highest BCUT2D eigenvalue weighted by atomic mass is 19.4. The summed E-state index contributed by atoms with van der Waals surface area (Å²) in [6.07, 6.45) is -4.34. The van der Waals surface area contributed by atoms with E-state index in [2.05, 4.69) is 10.3 Å². The normalized spacial score (nSPS) is 16.1. The maximum Gasteiger partial charge on any atom is 0.423 e. The van der Waals surface area contributed by atoms with Gasteiger partial charge in [-0.2, -0.15) is 13.2 Å². The van der Waals surface area contributed by atoms with Gasteiger partial charge < -0.3 is 10.8 Å². The topological polar surface area (TPSA) is 94.0 Å². The molecule has 0 aliphatic rings. The van der Waals surface area contributed by atoms with Crippen LogP contribution in [0.25, 0.3) is 0 Å². The molecule has 0 saturated heterocycles. The van der Waals surface area contributed by atoms with E-state index < -0.39 is 23.4 Å². The standard InChI is InChI=1S/C6H7F3N4O2/c1-13-2-3(11-12-13)5(10,4(14)15)6(7,8)9/h2H,10H2,1H3,(H,14,15). The lowest BCUT2D eigenvalue weighted by atomic mass is 9.97. The molecule has 0 bridgehead atoms. The molecular formula is C6H7F3N4O2. The molecule has 1 atom stereocenters. The fourth-order valence-electron chi connectivity index (χ4n) is 0.904. The lowest BCUT2D eigenvalue weighted by Gasteiger charge is -2.24. The molecule has 0 aliphatic carbocycles. The van der Waals surface area contributed by atoms with E-state index in [9.17, 15) is 18.0 Å². The van der Waals surface area contributed by atoms with E-state index in [1.54, 1.807) is 0 Å². The van der Waals surface area contributed by atoms with Gasteiger partial charge in [0.05, 0.1) is 6.20 Å². The van der Waals surface area contributed by atoms with Crippen molar-refractivity contribution in [1.82, 2.24) is 15.0 Å². The Kier molecular flexibility index (Phi) is 2.43. The van der Waals surface area contributed by atoms with Crippen molar-refractivity contribution in [1.29, 1.82) is 0 Å². The first-order valence-electron chi connectivity index (χ1n) is 3.65. The Balaban J connectivity index is 3.31. The smallest absolute Gasteiger partial charge is 0.423 e. The van der Waals surface area contributed by atoms with E-state index in [1.165, 1.54) is 7.05 Å². The molecule has 1 heterocycles. The molecule has 1 aromatic heterocycles. The molecule has 0 saturated carbocycles. The molecule has 6 nitrogen and oxygen atoms in total. The summed E-state index contributed by atoms with van der Waals surface area (Å²) in [4.78, 5) is 10.6. The van der Waals surface area contributed by atoms with Gasteiger partial charge in [-0.25, -0.2) is 4.79 Å². The van der Waals surface area contributed by atoms with Gasteiger partial charge in [-0.15, -0.1) is 5.10 Å². The van der Waals surface area contributed by atoms with Gasteiger partial charge in [0.2, 0.25) is 0 Å². The van der Waals surface area contributed by atoms with Crippen molar-refractivity contribution in [3.05, 3.63) is 11.9 Å². The van der Waals surface area contributed by atoms with Crippen molar-refractivity contribution in [3.8, 4) is 0 Å². The Morgan fingerprint density at radius 2 is 2.13 bits per heavy atom. The molecule has 1 rings (SSSR count). The maximum absolute atomic E-state index is 12.5. The number of nitrogens with two attached hydrogens (primary N) is 1. The maximum atomic E-state index is 12.5.